The van der Waals surface area contributed by atoms with Crippen LogP contribution in [-0.2, 0) is 6.42 Å². The highest BCUT2D eigenvalue weighted by Crippen LogP contribution is 2.18. The van der Waals surface area contributed by atoms with Crippen LogP contribution in [0, 0.1) is 5.82 Å². The molecule has 2 rings (SSSR count). The van der Waals surface area contributed by atoms with Gasteiger partial charge in [0.15, 0.2) is 0 Å². The van der Waals surface area contributed by atoms with Gasteiger partial charge in [-0.3, -0.25) is 9.69 Å². The van der Waals surface area contributed by atoms with Crippen LogP contribution in [0.25, 0.3) is 0 Å². The zero-order chi connectivity index (χ0) is 18.2. The summed E-state index contributed by atoms with van der Waals surface area (Å²) in [6.07, 6.45) is 0.868. The van der Waals surface area contributed by atoms with Crippen molar-refractivity contribution in [1.29, 1.82) is 0 Å². The molecule has 0 radical (unpaired) electrons. The normalized spacial score (nSPS) is 12.2. The molecule has 134 valence electrons. The van der Waals surface area contributed by atoms with Crippen molar-refractivity contribution in [3.05, 3.63) is 69.9 Å². The van der Waals surface area contributed by atoms with Crippen molar-refractivity contribution in [1.82, 2.24) is 10.2 Å². The molecule has 0 saturated heterocycles. The Morgan fingerprint density at radius 2 is 1.84 bits per heavy atom. The first-order chi connectivity index (χ1) is 12.0. The van der Waals surface area contributed by atoms with Crippen LogP contribution < -0.4 is 5.32 Å². The average molecular weight is 407 g/mol. The molecule has 1 unspecified atom stereocenters. The third-order valence-corrected chi connectivity index (χ3v) is 4.97. The summed E-state index contributed by atoms with van der Waals surface area (Å²) in [5, 5.41) is 3.00. The van der Waals surface area contributed by atoms with E-state index >= 15 is 0 Å². The number of likely N-dealkylation sites (N-methyl/N-ethyl adjacent to an activating group) is 1. The highest BCUT2D eigenvalue weighted by Gasteiger charge is 2.18. The molecule has 0 aliphatic heterocycles. The second-order valence-electron chi connectivity index (χ2n) is 5.90. The van der Waals surface area contributed by atoms with Crippen LogP contribution in [0.4, 0.5) is 4.39 Å². The van der Waals surface area contributed by atoms with Gasteiger partial charge in [-0.1, -0.05) is 44.2 Å². The number of nitrogens with zero attached hydrogens (tertiary/aromatic N) is 1. The highest BCUT2D eigenvalue weighted by atomic mass is 79.9. The zero-order valence-corrected chi connectivity index (χ0v) is 16.2. The predicted octanol–water partition coefficient (Wildman–Crippen LogP) is 4.27. The first kappa shape index (κ1) is 19.6. The molecule has 5 heteroatoms. The minimum absolute atomic E-state index is 0.197. The molecule has 1 atom stereocenters. The number of carbonyl (C=O) groups is 1. The Morgan fingerprint density at radius 3 is 2.44 bits per heavy atom. The van der Waals surface area contributed by atoms with Crippen LogP contribution in [0.3, 0.4) is 0 Å². The van der Waals surface area contributed by atoms with E-state index in [4.69, 9.17) is 0 Å². The quantitative estimate of drug-likeness (QED) is 0.709. The summed E-state index contributed by atoms with van der Waals surface area (Å²) in [6, 6.07) is 14.6. The molecule has 0 aromatic heterocycles. The number of hydrogen-bond donors (Lipinski definition) is 1. The Kier molecular flexibility index (Phi) is 7.59. The first-order valence-corrected chi connectivity index (χ1v) is 9.35. The van der Waals surface area contributed by atoms with Crippen LogP contribution in [-0.4, -0.2) is 36.5 Å². The summed E-state index contributed by atoms with van der Waals surface area (Å²) in [4.78, 5) is 14.8. The maximum atomic E-state index is 13.2. The van der Waals surface area contributed by atoms with E-state index in [1.165, 1.54) is 23.8 Å². The fourth-order valence-corrected chi connectivity index (χ4v) is 3.47. The van der Waals surface area contributed by atoms with Gasteiger partial charge in [0, 0.05) is 17.1 Å². The van der Waals surface area contributed by atoms with Gasteiger partial charge in [0.25, 0.3) is 5.91 Å². The molecule has 0 spiro atoms. The molecule has 2 aromatic carbocycles. The van der Waals surface area contributed by atoms with Crippen molar-refractivity contribution in [2.45, 2.75) is 26.3 Å². The molecule has 0 aliphatic carbocycles. The van der Waals surface area contributed by atoms with Crippen molar-refractivity contribution in [3.8, 4) is 0 Å². The standard InChI is InChI=1S/C20H24BrFN2O/c1-3-24(4-2)17(12-15-8-6-5-7-9-15)14-23-20(25)18-11-10-16(22)13-19(18)21/h5-11,13,17H,3-4,12,14H2,1-2H3,(H,23,25). The summed E-state index contributed by atoms with van der Waals surface area (Å²) in [7, 11) is 0. The number of amides is 1. The van der Waals surface area contributed by atoms with E-state index in [-0.39, 0.29) is 17.8 Å². The Hall–Kier alpha value is -1.72. The maximum absolute atomic E-state index is 13.2. The van der Waals surface area contributed by atoms with Crippen molar-refractivity contribution in [2.24, 2.45) is 0 Å². The smallest absolute Gasteiger partial charge is 0.252 e. The molecule has 0 fully saturated rings. The molecule has 0 heterocycles. The lowest BCUT2D eigenvalue weighted by Crippen LogP contribution is -2.45. The monoisotopic (exact) mass is 406 g/mol. The Balaban J connectivity index is 2.06. The van der Waals surface area contributed by atoms with Crippen LogP contribution >= 0.6 is 15.9 Å². The van der Waals surface area contributed by atoms with Gasteiger partial charge in [-0.05, 0) is 59.2 Å². The Labute approximate surface area is 157 Å². The van der Waals surface area contributed by atoms with Crippen molar-refractivity contribution in [3.63, 3.8) is 0 Å². The van der Waals surface area contributed by atoms with Crippen molar-refractivity contribution >= 4 is 21.8 Å². The number of halogens is 2. The van der Waals surface area contributed by atoms with Gasteiger partial charge >= 0.3 is 0 Å². The minimum Gasteiger partial charge on any atom is -0.350 e. The van der Waals surface area contributed by atoms with E-state index in [1.807, 2.05) is 18.2 Å². The molecular weight excluding hydrogens is 383 g/mol. The molecule has 1 amide bonds. The van der Waals surface area contributed by atoms with Crippen LogP contribution in [0.5, 0.6) is 0 Å². The molecule has 0 saturated carbocycles. The number of benzene rings is 2. The van der Waals surface area contributed by atoms with Gasteiger partial charge in [0.2, 0.25) is 0 Å². The van der Waals surface area contributed by atoms with E-state index < -0.39 is 0 Å². The summed E-state index contributed by atoms with van der Waals surface area (Å²) in [5.41, 5.74) is 1.69. The maximum Gasteiger partial charge on any atom is 0.252 e. The number of nitrogens with one attached hydrogen (secondary N) is 1. The van der Waals surface area contributed by atoms with Gasteiger partial charge in [-0.15, -0.1) is 0 Å². The molecule has 2 aromatic rings. The predicted molar refractivity (Wildman–Crippen MR) is 103 cm³/mol. The fourth-order valence-electron chi connectivity index (χ4n) is 2.94. The van der Waals surface area contributed by atoms with Gasteiger partial charge in [0.1, 0.15) is 5.82 Å². The highest BCUT2D eigenvalue weighted by molar-refractivity contribution is 9.10. The third-order valence-electron chi connectivity index (χ3n) is 4.32. The van der Waals surface area contributed by atoms with E-state index in [0.29, 0.717) is 16.6 Å². The molecule has 1 N–H and O–H groups in total. The van der Waals surface area contributed by atoms with Crippen molar-refractivity contribution in [2.75, 3.05) is 19.6 Å². The molecule has 3 nitrogen and oxygen atoms in total. The summed E-state index contributed by atoms with van der Waals surface area (Å²) >= 11 is 3.25. The van der Waals surface area contributed by atoms with E-state index in [0.717, 1.165) is 19.5 Å². The molecule has 0 aliphatic rings. The SMILES string of the molecule is CCN(CC)C(CNC(=O)c1ccc(F)cc1Br)Cc1ccccc1. The Morgan fingerprint density at radius 1 is 1.16 bits per heavy atom. The van der Waals surface area contributed by atoms with Gasteiger partial charge < -0.3 is 5.32 Å². The largest absolute Gasteiger partial charge is 0.350 e. The molecule has 0 bridgehead atoms. The summed E-state index contributed by atoms with van der Waals surface area (Å²) in [6.45, 7) is 6.63. The van der Waals surface area contributed by atoms with Gasteiger partial charge in [-0.25, -0.2) is 4.39 Å². The molecular formula is C20H24BrFN2O. The van der Waals surface area contributed by atoms with Crippen molar-refractivity contribution < 1.29 is 9.18 Å². The topological polar surface area (TPSA) is 32.3 Å². The number of carbonyl (C=O) groups excluding carboxylic acids is 1. The fraction of sp³-hybridized carbons (Fsp3) is 0.350. The molecule has 25 heavy (non-hydrogen) atoms. The second kappa shape index (κ2) is 9.68. The van der Waals surface area contributed by atoms with E-state index in [9.17, 15) is 9.18 Å². The van der Waals surface area contributed by atoms with Crippen LogP contribution in [0.15, 0.2) is 53.0 Å². The number of hydrogen-bond acceptors (Lipinski definition) is 2. The van der Waals surface area contributed by atoms with Crippen LogP contribution in [0.1, 0.15) is 29.8 Å². The average Bonchev–Trinajstić information content (AvgIpc) is 2.61. The lowest BCUT2D eigenvalue weighted by Gasteiger charge is -2.30. The third kappa shape index (κ3) is 5.65. The lowest BCUT2D eigenvalue weighted by molar-refractivity contribution is 0.0934. The minimum atomic E-state index is -0.367. The van der Waals surface area contributed by atoms with Gasteiger partial charge in [0.05, 0.1) is 5.56 Å². The summed E-state index contributed by atoms with van der Waals surface area (Å²) in [5.74, 6) is -0.564. The van der Waals surface area contributed by atoms with E-state index in [1.54, 1.807) is 0 Å². The van der Waals surface area contributed by atoms with E-state index in [2.05, 4.69) is 52.1 Å². The lowest BCUT2D eigenvalue weighted by atomic mass is 10.0. The number of rotatable bonds is 8. The van der Waals surface area contributed by atoms with Gasteiger partial charge in [-0.2, -0.15) is 0 Å². The Bertz CT molecular complexity index is 689. The zero-order valence-electron chi connectivity index (χ0n) is 14.6. The van der Waals surface area contributed by atoms with Crippen LogP contribution in [0.2, 0.25) is 0 Å². The second-order valence-corrected chi connectivity index (χ2v) is 6.75. The summed E-state index contributed by atoms with van der Waals surface area (Å²) < 4.78 is 13.7. The first-order valence-electron chi connectivity index (χ1n) is 8.56.